The van der Waals surface area contributed by atoms with Gasteiger partial charge in [-0.3, -0.25) is 0 Å². The van der Waals surface area contributed by atoms with E-state index in [2.05, 4.69) is 38.1 Å². The maximum atomic E-state index is 9.11. The van der Waals surface area contributed by atoms with Gasteiger partial charge in [0.2, 0.25) is 0 Å². The Morgan fingerprint density at radius 3 is 2.42 bits per heavy atom. The molecule has 0 saturated heterocycles. The van der Waals surface area contributed by atoms with Crippen molar-refractivity contribution >= 4 is 17.4 Å². The van der Waals surface area contributed by atoms with Crippen LogP contribution in [0.25, 0.3) is 0 Å². The van der Waals surface area contributed by atoms with Gasteiger partial charge in [0, 0.05) is 16.3 Å². The fourth-order valence-corrected chi connectivity index (χ4v) is 2.99. The SMILES string of the molecule is Cc1cc(C)cc(CSc2ccc(N)cc2C#N)c1. The number of hydrogen-bond acceptors (Lipinski definition) is 3. The summed E-state index contributed by atoms with van der Waals surface area (Å²) in [6.45, 7) is 4.20. The van der Waals surface area contributed by atoms with E-state index in [-0.39, 0.29) is 0 Å². The Kier molecular flexibility index (Phi) is 4.13. The van der Waals surface area contributed by atoms with Crippen LogP contribution in [0.2, 0.25) is 0 Å². The maximum absolute atomic E-state index is 9.11. The number of aryl methyl sites for hydroxylation is 2. The summed E-state index contributed by atoms with van der Waals surface area (Å²) in [4.78, 5) is 0.982. The molecule has 0 unspecified atom stereocenters. The van der Waals surface area contributed by atoms with Crippen molar-refractivity contribution in [2.45, 2.75) is 24.5 Å². The van der Waals surface area contributed by atoms with Crippen LogP contribution >= 0.6 is 11.8 Å². The van der Waals surface area contributed by atoms with Crippen LogP contribution < -0.4 is 5.73 Å². The molecule has 0 atom stereocenters. The van der Waals surface area contributed by atoms with Crippen molar-refractivity contribution in [2.24, 2.45) is 0 Å². The summed E-state index contributed by atoms with van der Waals surface area (Å²) in [6.07, 6.45) is 0. The molecule has 0 bridgehead atoms. The van der Waals surface area contributed by atoms with E-state index in [9.17, 15) is 0 Å². The molecule has 19 heavy (non-hydrogen) atoms. The molecule has 0 spiro atoms. The molecule has 96 valence electrons. The zero-order valence-corrected chi connectivity index (χ0v) is 11.9. The minimum Gasteiger partial charge on any atom is -0.399 e. The van der Waals surface area contributed by atoms with Gasteiger partial charge >= 0.3 is 0 Å². The molecule has 0 fully saturated rings. The highest BCUT2D eigenvalue weighted by Crippen LogP contribution is 2.28. The maximum Gasteiger partial charge on any atom is 0.100 e. The zero-order valence-electron chi connectivity index (χ0n) is 11.1. The molecule has 0 amide bonds. The van der Waals surface area contributed by atoms with Gasteiger partial charge in [-0.05, 0) is 37.6 Å². The van der Waals surface area contributed by atoms with E-state index in [0.717, 1.165) is 10.6 Å². The number of anilines is 1. The third-order valence-corrected chi connectivity index (χ3v) is 3.94. The quantitative estimate of drug-likeness (QED) is 0.675. The second kappa shape index (κ2) is 5.81. The molecule has 2 aromatic carbocycles. The van der Waals surface area contributed by atoms with Crippen molar-refractivity contribution in [2.75, 3.05) is 5.73 Å². The van der Waals surface area contributed by atoms with Gasteiger partial charge in [0.25, 0.3) is 0 Å². The Hall–Kier alpha value is -1.92. The van der Waals surface area contributed by atoms with E-state index in [1.165, 1.54) is 16.7 Å². The zero-order chi connectivity index (χ0) is 13.8. The lowest BCUT2D eigenvalue weighted by Gasteiger charge is -2.07. The summed E-state index contributed by atoms with van der Waals surface area (Å²) in [5.41, 5.74) is 10.8. The third-order valence-electron chi connectivity index (χ3n) is 2.80. The van der Waals surface area contributed by atoms with Gasteiger partial charge in [-0.2, -0.15) is 5.26 Å². The molecule has 0 aromatic heterocycles. The molecular formula is C16H16N2S. The fraction of sp³-hybridized carbons (Fsp3) is 0.188. The summed E-state index contributed by atoms with van der Waals surface area (Å²) >= 11 is 1.67. The molecule has 0 saturated carbocycles. The van der Waals surface area contributed by atoms with Crippen molar-refractivity contribution in [3.8, 4) is 6.07 Å². The number of rotatable bonds is 3. The summed E-state index contributed by atoms with van der Waals surface area (Å²) in [5, 5.41) is 9.11. The van der Waals surface area contributed by atoms with Crippen LogP contribution in [0.15, 0.2) is 41.3 Å². The molecule has 0 aliphatic heterocycles. The molecule has 0 heterocycles. The van der Waals surface area contributed by atoms with Crippen molar-refractivity contribution in [3.05, 3.63) is 58.7 Å². The van der Waals surface area contributed by atoms with E-state index >= 15 is 0 Å². The van der Waals surface area contributed by atoms with Gasteiger partial charge in [-0.15, -0.1) is 11.8 Å². The van der Waals surface area contributed by atoms with E-state index in [1.807, 2.05) is 12.1 Å². The summed E-state index contributed by atoms with van der Waals surface area (Å²) in [5.74, 6) is 0.862. The van der Waals surface area contributed by atoms with Gasteiger partial charge in [0.15, 0.2) is 0 Å². The smallest absolute Gasteiger partial charge is 0.100 e. The Morgan fingerprint density at radius 1 is 1.11 bits per heavy atom. The lowest BCUT2D eigenvalue weighted by atomic mass is 10.1. The van der Waals surface area contributed by atoms with E-state index < -0.39 is 0 Å². The largest absolute Gasteiger partial charge is 0.399 e. The average Bonchev–Trinajstić information content (AvgIpc) is 2.36. The minimum absolute atomic E-state index is 0.632. The first-order valence-electron chi connectivity index (χ1n) is 6.08. The minimum atomic E-state index is 0.632. The Bertz CT molecular complexity index is 621. The number of nitrogen functional groups attached to an aromatic ring is 1. The molecule has 2 N–H and O–H groups in total. The molecule has 3 heteroatoms. The molecular weight excluding hydrogens is 252 g/mol. The van der Waals surface area contributed by atoms with Gasteiger partial charge in [0.1, 0.15) is 6.07 Å². The normalized spacial score (nSPS) is 10.2. The van der Waals surface area contributed by atoms with E-state index in [1.54, 1.807) is 17.8 Å². The first-order valence-corrected chi connectivity index (χ1v) is 7.06. The van der Waals surface area contributed by atoms with Crippen molar-refractivity contribution in [1.29, 1.82) is 5.26 Å². The number of benzene rings is 2. The highest BCUT2D eigenvalue weighted by Gasteiger charge is 2.04. The van der Waals surface area contributed by atoms with Crippen LogP contribution in [-0.4, -0.2) is 0 Å². The van der Waals surface area contributed by atoms with Crippen LogP contribution in [0.4, 0.5) is 5.69 Å². The Labute approximate surface area is 118 Å². The van der Waals surface area contributed by atoms with Gasteiger partial charge in [-0.25, -0.2) is 0 Å². The van der Waals surface area contributed by atoms with Crippen molar-refractivity contribution in [1.82, 2.24) is 0 Å². The van der Waals surface area contributed by atoms with Gasteiger partial charge in [-0.1, -0.05) is 29.3 Å². The lowest BCUT2D eigenvalue weighted by Crippen LogP contribution is -1.89. The Balaban J connectivity index is 2.17. The Morgan fingerprint density at radius 2 is 1.79 bits per heavy atom. The van der Waals surface area contributed by atoms with Crippen molar-refractivity contribution < 1.29 is 0 Å². The van der Waals surface area contributed by atoms with E-state index in [0.29, 0.717) is 11.3 Å². The van der Waals surface area contributed by atoms with Crippen LogP contribution in [0.3, 0.4) is 0 Å². The monoisotopic (exact) mass is 268 g/mol. The second-order valence-corrected chi connectivity index (χ2v) is 5.67. The predicted molar refractivity (Wildman–Crippen MR) is 81.0 cm³/mol. The highest BCUT2D eigenvalue weighted by molar-refractivity contribution is 7.98. The molecule has 2 nitrogen and oxygen atoms in total. The molecule has 2 aromatic rings. The summed E-state index contributed by atoms with van der Waals surface area (Å²) in [7, 11) is 0. The molecule has 0 aliphatic carbocycles. The van der Waals surface area contributed by atoms with Crippen LogP contribution in [-0.2, 0) is 5.75 Å². The molecule has 2 rings (SSSR count). The van der Waals surface area contributed by atoms with Crippen LogP contribution in [0, 0.1) is 25.2 Å². The number of hydrogen-bond donors (Lipinski definition) is 1. The fourth-order valence-electron chi connectivity index (χ4n) is 2.07. The first kappa shape index (κ1) is 13.5. The van der Waals surface area contributed by atoms with Gasteiger partial charge in [0.05, 0.1) is 5.56 Å². The van der Waals surface area contributed by atoms with Crippen LogP contribution in [0.1, 0.15) is 22.3 Å². The topological polar surface area (TPSA) is 49.8 Å². The summed E-state index contributed by atoms with van der Waals surface area (Å²) in [6, 6.07) is 14.2. The number of nitrogens with two attached hydrogens (primary N) is 1. The van der Waals surface area contributed by atoms with Crippen molar-refractivity contribution in [3.63, 3.8) is 0 Å². The average molecular weight is 268 g/mol. The van der Waals surface area contributed by atoms with Crippen LogP contribution in [0.5, 0.6) is 0 Å². The molecule has 0 aliphatic rings. The molecule has 0 radical (unpaired) electrons. The standard InChI is InChI=1S/C16H16N2S/c1-11-5-12(2)7-13(6-11)10-19-16-4-3-15(18)8-14(16)9-17/h3-8H,10,18H2,1-2H3. The third kappa shape index (κ3) is 3.52. The number of thioether (sulfide) groups is 1. The first-order chi connectivity index (χ1) is 9.08. The van der Waals surface area contributed by atoms with Gasteiger partial charge < -0.3 is 5.73 Å². The number of nitriles is 1. The predicted octanol–water partition coefficient (Wildman–Crippen LogP) is 4.05. The highest BCUT2D eigenvalue weighted by atomic mass is 32.2. The number of nitrogens with zero attached hydrogens (tertiary/aromatic N) is 1. The summed E-state index contributed by atoms with van der Waals surface area (Å²) < 4.78 is 0. The lowest BCUT2D eigenvalue weighted by molar-refractivity contribution is 1.29. The van der Waals surface area contributed by atoms with E-state index in [4.69, 9.17) is 11.0 Å². The second-order valence-electron chi connectivity index (χ2n) is 4.65.